The van der Waals surface area contributed by atoms with Crippen LogP contribution in [0.25, 0.3) is 0 Å². The highest BCUT2D eigenvalue weighted by Gasteiger charge is 2.40. The molecular weight excluding hydrogens is 240 g/mol. The summed E-state index contributed by atoms with van der Waals surface area (Å²) >= 11 is 0. The second-order valence-electron chi connectivity index (χ2n) is 5.96. The molecule has 104 valence electrons. The largest absolute Gasteiger partial charge is 0.351 e. The van der Waals surface area contributed by atoms with E-state index in [0.717, 1.165) is 11.5 Å². The van der Waals surface area contributed by atoms with Crippen LogP contribution >= 0.6 is 0 Å². The van der Waals surface area contributed by atoms with Crippen molar-refractivity contribution in [2.75, 3.05) is 7.05 Å². The second-order valence-corrected chi connectivity index (χ2v) is 5.96. The van der Waals surface area contributed by atoms with E-state index in [1.165, 1.54) is 25.7 Å². The monoisotopic (exact) mass is 262 g/mol. The maximum atomic E-state index is 12.4. The fourth-order valence-corrected chi connectivity index (χ4v) is 3.73. The third-order valence-corrected chi connectivity index (χ3v) is 4.67. The van der Waals surface area contributed by atoms with Gasteiger partial charge < -0.3 is 10.6 Å². The Morgan fingerprint density at radius 3 is 2.84 bits per heavy atom. The zero-order valence-corrected chi connectivity index (χ0v) is 11.6. The normalized spacial score (nSPS) is 30.5. The van der Waals surface area contributed by atoms with Crippen LogP contribution in [0.3, 0.4) is 0 Å². The van der Waals surface area contributed by atoms with Gasteiger partial charge in [0.15, 0.2) is 0 Å². The molecule has 19 heavy (non-hydrogen) atoms. The Kier molecular flexibility index (Phi) is 3.31. The highest BCUT2D eigenvalue weighted by Crippen LogP contribution is 2.44. The smallest absolute Gasteiger partial charge is 0.242 e. The van der Waals surface area contributed by atoms with Gasteiger partial charge in [0.05, 0.1) is 6.20 Å². The molecule has 2 bridgehead atoms. The van der Waals surface area contributed by atoms with Crippen molar-refractivity contribution in [1.82, 2.24) is 20.4 Å². The first kappa shape index (κ1) is 12.7. The molecule has 4 atom stereocenters. The minimum atomic E-state index is -0.298. The van der Waals surface area contributed by atoms with Crippen molar-refractivity contribution < 1.29 is 4.79 Å². The number of rotatable bonds is 4. The molecule has 4 unspecified atom stereocenters. The summed E-state index contributed by atoms with van der Waals surface area (Å²) in [7, 11) is 3.68. The predicted octanol–water partition coefficient (Wildman–Crippen LogP) is 0.985. The summed E-state index contributed by atoms with van der Waals surface area (Å²) in [5.41, 5.74) is 0.922. The minimum absolute atomic E-state index is 0.0769. The highest BCUT2D eigenvalue weighted by molar-refractivity contribution is 5.83. The zero-order valence-electron chi connectivity index (χ0n) is 11.6. The van der Waals surface area contributed by atoms with Crippen molar-refractivity contribution >= 4 is 5.91 Å². The maximum Gasteiger partial charge on any atom is 0.242 e. The molecule has 5 nitrogen and oxygen atoms in total. The van der Waals surface area contributed by atoms with Crippen LogP contribution in [-0.4, -0.2) is 28.8 Å². The quantitative estimate of drug-likeness (QED) is 0.850. The number of likely N-dealkylation sites (N-methyl/N-ethyl adjacent to an activating group) is 1. The number of hydrogen-bond donors (Lipinski definition) is 2. The summed E-state index contributed by atoms with van der Waals surface area (Å²) in [5, 5.41) is 10.4. The van der Waals surface area contributed by atoms with Gasteiger partial charge in [-0.15, -0.1) is 0 Å². The number of hydrogen-bond acceptors (Lipinski definition) is 3. The SMILES string of the molecule is CNC(C(=O)NC1CC2CCC1C2)c1cnn(C)c1. The Labute approximate surface area is 113 Å². The lowest BCUT2D eigenvalue weighted by atomic mass is 9.95. The van der Waals surface area contributed by atoms with Crippen LogP contribution in [0.5, 0.6) is 0 Å². The number of nitrogens with one attached hydrogen (secondary N) is 2. The van der Waals surface area contributed by atoms with Gasteiger partial charge in [-0.1, -0.05) is 6.42 Å². The fraction of sp³-hybridized carbons (Fsp3) is 0.714. The highest BCUT2D eigenvalue weighted by atomic mass is 16.2. The van der Waals surface area contributed by atoms with Crippen molar-refractivity contribution in [3.8, 4) is 0 Å². The topological polar surface area (TPSA) is 59.0 Å². The Hall–Kier alpha value is -1.36. The molecule has 2 fully saturated rings. The van der Waals surface area contributed by atoms with E-state index in [1.807, 2.05) is 20.3 Å². The molecule has 1 amide bonds. The van der Waals surface area contributed by atoms with Gasteiger partial charge in [-0.3, -0.25) is 9.48 Å². The maximum absolute atomic E-state index is 12.4. The molecule has 0 aliphatic heterocycles. The molecular formula is C14H22N4O. The van der Waals surface area contributed by atoms with Crippen LogP contribution in [0.15, 0.2) is 12.4 Å². The molecule has 3 rings (SSSR count). The Morgan fingerprint density at radius 2 is 2.32 bits per heavy atom. The van der Waals surface area contributed by atoms with Crippen molar-refractivity contribution in [2.45, 2.75) is 37.8 Å². The van der Waals surface area contributed by atoms with Gasteiger partial charge >= 0.3 is 0 Å². The van der Waals surface area contributed by atoms with Crippen molar-refractivity contribution in [1.29, 1.82) is 0 Å². The third-order valence-electron chi connectivity index (χ3n) is 4.67. The van der Waals surface area contributed by atoms with Gasteiger partial charge in [0, 0.05) is 24.8 Å². The lowest BCUT2D eigenvalue weighted by Crippen LogP contribution is -2.44. The molecule has 0 spiro atoms. The molecule has 1 aromatic heterocycles. The van der Waals surface area contributed by atoms with E-state index in [9.17, 15) is 4.79 Å². The lowest BCUT2D eigenvalue weighted by Gasteiger charge is -2.25. The average Bonchev–Trinajstić information content (AvgIpc) is 3.07. The van der Waals surface area contributed by atoms with Gasteiger partial charge in [0.2, 0.25) is 5.91 Å². The number of amides is 1. The van der Waals surface area contributed by atoms with Crippen molar-refractivity contribution in [3.05, 3.63) is 18.0 Å². The summed E-state index contributed by atoms with van der Waals surface area (Å²) in [5.74, 6) is 1.63. The van der Waals surface area contributed by atoms with Crippen LogP contribution in [0.4, 0.5) is 0 Å². The predicted molar refractivity (Wildman–Crippen MR) is 72.4 cm³/mol. The van der Waals surface area contributed by atoms with E-state index in [1.54, 1.807) is 10.9 Å². The number of carbonyl (C=O) groups excluding carboxylic acids is 1. The fourth-order valence-electron chi connectivity index (χ4n) is 3.73. The minimum Gasteiger partial charge on any atom is -0.351 e. The van der Waals surface area contributed by atoms with Crippen LogP contribution in [0.1, 0.15) is 37.3 Å². The first-order chi connectivity index (χ1) is 9.17. The van der Waals surface area contributed by atoms with E-state index in [0.29, 0.717) is 12.0 Å². The molecule has 0 aromatic carbocycles. The zero-order chi connectivity index (χ0) is 13.4. The molecule has 5 heteroatoms. The van der Waals surface area contributed by atoms with Gasteiger partial charge in [0.25, 0.3) is 0 Å². The second kappa shape index (κ2) is 4.96. The number of aryl methyl sites for hydroxylation is 1. The number of carbonyl (C=O) groups is 1. The summed E-state index contributed by atoms with van der Waals surface area (Å²) < 4.78 is 1.73. The van der Waals surface area contributed by atoms with Crippen LogP contribution in [0.2, 0.25) is 0 Å². The van der Waals surface area contributed by atoms with E-state index in [-0.39, 0.29) is 11.9 Å². The summed E-state index contributed by atoms with van der Waals surface area (Å²) in [6.45, 7) is 0. The molecule has 0 radical (unpaired) electrons. The van der Waals surface area contributed by atoms with E-state index < -0.39 is 0 Å². The first-order valence-electron chi connectivity index (χ1n) is 7.13. The van der Waals surface area contributed by atoms with Gasteiger partial charge in [-0.05, 0) is 38.1 Å². The summed E-state index contributed by atoms with van der Waals surface area (Å²) in [6, 6.07) is 0.0894. The molecule has 2 aliphatic rings. The van der Waals surface area contributed by atoms with E-state index in [2.05, 4.69) is 15.7 Å². The Bertz CT molecular complexity index is 470. The Balaban J connectivity index is 1.65. The summed E-state index contributed by atoms with van der Waals surface area (Å²) in [4.78, 5) is 12.4. The van der Waals surface area contributed by atoms with Crippen molar-refractivity contribution in [3.63, 3.8) is 0 Å². The molecule has 1 aromatic rings. The lowest BCUT2D eigenvalue weighted by molar-refractivity contribution is -0.124. The first-order valence-corrected chi connectivity index (χ1v) is 7.13. The summed E-state index contributed by atoms with van der Waals surface area (Å²) in [6.07, 6.45) is 8.76. The molecule has 2 aliphatic carbocycles. The van der Waals surface area contributed by atoms with Crippen LogP contribution in [-0.2, 0) is 11.8 Å². The molecule has 1 heterocycles. The van der Waals surface area contributed by atoms with Gasteiger partial charge in [-0.25, -0.2) is 0 Å². The molecule has 2 N–H and O–H groups in total. The van der Waals surface area contributed by atoms with Crippen LogP contribution in [0, 0.1) is 11.8 Å². The van der Waals surface area contributed by atoms with Crippen LogP contribution < -0.4 is 10.6 Å². The van der Waals surface area contributed by atoms with Gasteiger partial charge in [0.1, 0.15) is 6.04 Å². The Morgan fingerprint density at radius 1 is 1.47 bits per heavy atom. The standard InChI is InChI=1S/C14H22N4O/c1-15-13(11-7-16-18(2)8-11)14(19)17-12-6-9-3-4-10(12)5-9/h7-10,12-13,15H,3-6H2,1-2H3,(H,17,19). The number of fused-ring (bicyclic) bond motifs is 2. The van der Waals surface area contributed by atoms with Gasteiger partial charge in [-0.2, -0.15) is 5.10 Å². The number of nitrogens with zero attached hydrogens (tertiary/aromatic N) is 2. The third kappa shape index (κ3) is 2.39. The van der Waals surface area contributed by atoms with Crippen molar-refractivity contribution in [2.24, 2.45) is 18.9 Å². The number of aromatic nitrogens is 2. The average molecular weight is 262 g/mol. The molecule has 2 saturated carbocycles. The molecule has 0 saturated heterocycles. The van der Waals surface area contributed by atoms with E-state index in [4.69, 9.17) is 0 Å². The van der Waals surface area contributed by atoms with E-state index >= 15 is 0 Å².